The van der Waals surface area contributed by atoms with E-state index in [-0.39, 0.29) is 11.4 Å². The number of hydrogen-bond donors (Lipinski definition) is 0. The van der Waals surface area contributed by atoms with Crippen LogP contribution in [0.2, 0.25) is 0 Å². The molecule has 0 amide bonds. The molecule has 0 aromatic heterocycles. The highest BCUT2D eigenvalue weighted by atomic mass is 16.6. The molecule has 0 heterocycles. The van der Waals surface area contributed by atoms with Gasteiger partial charge < -0.3 is 4.74 Å². The number of fused-ring (bicyclic) bond motifs is 5. The summed E-state index contributed by atoms with van der Waals surface area (Å²) in [5.74, 6) is 5.23. The zero-order chi connectivity index (χ0) is 24.9. The zero-order valence-electron chi connectivity index (χ0n) is 21.0. The van der Waals surface area contributed by atoms with Gasteiger partial charge in [0.1, 0.15) is 0 Å². The molecule has 3 fully saturated rings. The lowest BCUT2D eigenvalue weighted by atomic mass is 9.50. The molecule has 0 radical (unpaired) electrons. The lowest BCUT2D eigenvalue weighted by molar-refractivity contribution is -0.116. The van der Waals surface area contributed by atoms with Crippen LogP contribution >= 0.6 is 0 Å². The molecule has 2 aromatic carbocycles. The van der Waals surface area contributed by atoms with Crippen molar-refractivity contribution in [3.8, 4) is 23.5 Å². The maximum atomic E-state index is 13.4. The van der Waals surface area contributed by atoms with E-state index in [0.29, 0.717) is 41.4 Å². The summed E-state index contributed by atoms with van der Waals surface area (Å²) in [5, 5.41) is 0. The van der Waals surface area contributed by atoms with Gasteiger partial charge in [-0.3, -0.25) is 4.79 Å². The van der Waals surface area contributed by atoms with Crippen LogP contribution in [0.4, 0.5) is 0 Å². The molecule has 0 saturated heterocycles. The minimum atomic E-state index is -0.865. The third-order valence-electron chi connectivity index (χ3n) is 10.1. The van der Waals surface area contributed by atoms with Crippen molar-refractivity contribution in [3.05, 3.63) is 71.8 Å². The van der Waals surface area contributed by atoms with Gasteiger partial charge in [0.25, 0.3) is 0 Å². The number of hydrogen-bond acceptors (Lipinski definition) is 3. The fourth-order valence-electron chi connectivity index (χ4n) is 8.26. The quantitative estimate of drug-likeness (QED) is 0.352. The Hall–Kier alpha value is -3.12. The highest BCUT2D eigenvalue weighted by molar-refractivity contribution is 5.91. The average molecular weight is 479 g/mol. The topological polar surface area (TPSA) is 43.4 Å². The summed E-state index contributed by atoms with van der Waals surface area (Å²) in [4.78, 5) is 25.4. The smallest absolute Gasteiger partial charge is 0.339 e. The Morgan fingerprint density at radius 2 is 1.67 bits per heavy atom. The monoisotopic (exact) mass is 478 g/mol. The summed E-state index contributed by atoms with van der Waals surface area (Å²) in [6, 6.07) is 17.8. The van der Waals surface area contributed by atoms with Crippen molar-refractivity contribution < 1.29 is 14.3 Å². The second-order valence-corrected chi connectivity index (χ2v) is 11.6. The number of carbonyl (C=O) groups is 2. The number of esters is 1. The van der Waals surface area contributed by atoms with Gasteiger partial charge in [-0.1, -0.05) is 60.9 Å². The minimum absolute atomic E-state index is 0.214. The first kappa shape index (κ1) is 23.3. The van der Waals surface area contributed by atoms with Crippen LogP contribution in [0.3, 0.4) is 0 Å². The van der Waals surface area contributed by atoms with Gasteiger partial charge >= 0.3 is 5.97 Å². The molecule has 2 aromatic rings. The van der Waals surface area contributed by atoms with Gasteiger partial charge in [-0.2, -0.15) is 0 Å². The maximum Gasteiger partial charge on any atom is 0.339 e. The molecule has 0 N–H and O–H groups in total. The third kappa shape index (κ3) is 3.57. The summed E-state index contributed by atoms with van der Waals surface area (Å²) < 4.78 is 6.32. The van der Waals surface area contributed by atoms with Crippen LogP contribution in [-0.4, -0.2) is 17.4 Å². The molecule has 0 aliphatic heterocycles. The van der Waals surface area contributed by atoms with Crippen molar-refractivity contribution in [1.29, 1.82) is 0 Å². The lowest BCUT2D eigenvalue weighted by Crippen LogP contribution is -2.53. The van der Waals surface area contributed by atoms with Crippen molar-refractivity contribution in [2.45, 2.75) is 63.9 Å². The Morgan fingerprint density at radius 1 is 0.917 bits per heavy atom. The lowest BCUT2D eigenvalue weighted by Gasteiger charge is -2.55. The molecule has 4 aliphatic rings. The van der Waals surface area contributed by atoms with Gasteiger partial charge in [0.2, 0.25) is 0 Å². The Morgan fingerprint density at radius 3 is 2.42 bits per heavy atom. The first-order valence-electron chi connectivity index (χ1n) is 13.5. The van der Waals surface area contributed by atoms with Crippen LogP contribution in [0.15, 0.2) is 66.2 Å². The van der Waals surface area contributed by atoms with Crippen LogP contribution in [-0.2, 0) is 9.53 Å². The van der Waals surface area contributed by atoms with Gasteiger partial charge in [-0.25, -0.2) is 4.79 Å². The van der Waals surface area contributed by atoms with E-state index in [1.807, 2.05) is 48.5 Å². The molecular weight excluding hydrogens is 444 g/mol. The third-order valence-corrected chi connectivity index (χ3v) is 10.1. The summed E-state index contributed by atoms with van der Waals surface area (Å²) in [7, 11) is 0. The van der Waals surface area contributed by atoms with Crippen LogP contribution < -0.4 is 0 Å². The van der Waals surface area contributed by atoms with E-state index in [9.17, 15) is 9.59 Å². The zero-order valence-corrected chi connectivity index (χ0v) is 21.0. The molecule has 0 unspecified atom stereocenters. The predicted molar refractivity (Wildman–Crippen MR) is 141 cm³/mol. The molecule has 6 atom stereocenters. The fourth-order valence-corrected chi connectivity index (χ4v) is 8.26. The van der Waals surface area contributed by atoms with Gasteiger partial charge in [0.15, 0.2) is 11.4 Å². The molecule has 3 nitrogen and oxygen atoms in total. The first-order valence-corrected chi connectivity index (χ1v) is 13.5. The number of benzene rings is 2. The second-order valence-electron chi connectivity index (χ2n) is 11.6. The Bertz CT molecular complexity index is 1250. The van der Waals surface area contributed by atoms with Crippen molar-refractivity contribution in [3.63, 3.8) is 0 Å². The molecule has 3 saturated carbocycles. The van der Waals surface area contributed by atoms with Crippen molar-refractivity contribution in [2.75, 3.05) is 0 Å². The predicted octanol–water partition coefficient (Wildman–Crippen LogP) is 7.02. The Kier molecular flexibility index (Phi) is 5.67. The number of terminal acetylenes is 1. The molecule has 36 heavy (non-hydrogen) atoms. The summed E-state index contributed by atoms with van der Waals surface area (Å²) in [6.07, 6.45) is 15.8. The molecule has 4 aliphatic carbocycles. The summed E-state index contributed by atoms with van der Waals surface area (Å²) in [6.45, 7) is 2.28. The van der Waals surface area contributed by atoms with E-state index in [4.69, 9.17) is 11.2 Å². The van der Waals surface area contributed by atoms with Crippen LogP contribution in [0.1, 0.15) is 68.6 Å². The van der Waals surface area contributed by atoms with E-state index in [0.717, 1.165) is 56.1 Å². The van der Waals surface area contributed by atoms with E-state index in [2.05, 4.69) is 25.0 Å². The van der Waals surface area contributed by atoms with Crippen LogP contribution in [0.5, 0.6) is 0 Å². The SMILES string of the molecule is C#C[C@]1(OC(=O)c2ccc(-c3ccccc3)cc2)CC[C@H]2[C@@H]3CCC4=CC(=O)CC[C@@H]4[C@H]3CC[C@@]21C. The number of ketones is 1. The van der Waals surface area contributed by atoms with E-state index in [1.165, 1.54) is 5.57 Å². The van der Waals surface area contributed by atoms with Gasteiger partial charge in [0, 0.05) is 11.8 Å². The van der Waals surface area contributed by atoms with E-state index >= 15 is 0 Å². The maximum absolute atomic E-state index is 13.4. The number of ether oxygens (including phenoxy) is 1. The average Bonchev–Trinajstić information content (AvgIpc) is 3.21. The van der Waals surface area contributed by atoms with Crippen LogP contribution in [0.25, 0.3) is 11.1 Å². The summed E-state index contributed by atoms with van der Waals surface area (Å²) >= 11 is 0. The highest BCUT2D eigenvalue weighted by Crippen LogP contribution is 2.65. The standard InChI is InChI=1S/C33H34O3/c1-3-33(36-31(35)24-11-9-23(10-12-24)22-7-5-4-6-8-22)20-18-30-29-15-13-25-21-26(34)14-16-27(25)28(29)17-19-32(30,33)2/h1,4-12,21,27-30H,13-20H2,2H3/t27-,28+,29+,30-,32-,33-/m0/s1. The molecule has 6 rings (SSSR count). The molecule has 0 spiro atoms. The van der Waals surface area contributed by atoms with Gasteiger partial charge in [-0.05, 0) is 98.0 Å². The number of carbonyl (C=O) groups excluding carboxylic acids is 2. The van der Waals surface area contributed by atoms with Crippen molar-refractivity contribution in [1.82, 2.24) is 0 Å². The first-order chi connectivity index (χ1) is 17.4. The van der Waals surface area contributed by atoms with E-state index < -0.39 is 5.60 Å². The Labute approximate surface area is 214 Å². The van der Waals surface area contributed by atoms with Gasteiger partial charge in [-0.15, -0.1) is 6.42 Å². The Balaban J connectivity index is 1.22. The number of allylic oxidation sites excluding steroid dienone is 1. The largest absolute Gasteiger partial charge is 0.442 e. The second kappa shape index (κ2) is 8.77. The molecule has 0 bridgehead atoms. The van der Waals surface area contributed by atoms with Crippen LogP contribution in [0, 0.1) is 41.4 Å². The van der Waals surface area contributed by atoms with Gasteiger partial charge in [0.05, 0.1) is 5.56 Å². The highest BCUT2D eigenvalue weighted by Gasteiger charge is 2.64. The normalized spacial score (nSPS) is 35.0. The minimum Gasteiger partial charge on any atom is -0.442 e. The summed E-state index contributed by atoms with van der Waals surface area (Å²) in [5.41, 5.74) is 3.05. The molecule has 3 heteroatoms. The van der Waals surface area contributed by atoms with Crippen molar-refractivity contribution in [2.24, 2.45) is 29.1 Å². The number of rotatable bonds is 3. The van der Waals surface area contributed by atoms with E-state index in [1.54, 1.807) is 0 Å². The fraction of sp³-hybridized carbons (Fsp3) is 0.455. The molecular formula is C33H34O3. The van der Waals surface area contributed by atoms with Crippen molar-refractivity contribution >= 4 is 11.8 Å². The molecule has 184 valence electrons.